The topological polar surface area (TPSA) is 76.3 Å². The third-order valence-electron chi connectivity index (χ3n) is 3.50. The number of rotatable bonds is 6. The zero-order chi connectivity index (χ0) is 18.7. The highest BCUT2D eigenvalue weighted by molar-refractivity contribution is 7.98. The standard InChI is InChI=1S/C17H16FN3O3S2/c1-21(2)26(22,23)15-7-8-16(19-9-15)25-11-14-10-24-17(20-14)12-3-5-13(18)6-4-12/h3-10H,11H2,1-2H3. The Balaban J connectivity index is 1.65. The van der Waals surface area contributed by atoms with Crippen LogP contribution in [0.2, 0.25) is 0 Å². The summed E-state index contributed by atoms with van der Waals surface area (Å²) in [5.74, 6) is 0.611. The van der Waals surface area contributed by atoms with E-state index in [0.717, 1.165) is 4.31 Å². The van der Waals surface area contributed by atoms with E-state index in [1.165, 1.54) is 56.5 Å². The first-order valence-electron chi connectivity index (χ1n) is 7.58. The minimum atomic E-state index is -3.48. The van der Waals surface area contributed by atoms with E-state index in [0.29, 0.717) is 27.9 Å². The van der Waals surface area contributed by atoms with Gasteiger partial charge in [0.15, 0.2) is 0 Å². The molecule has 0 N–H and O–H groups in total. The van der Waals surface area contributed by atoms with Crippen molar-refractivity contribution in [1.82, 2.24) is 14.3 Å². The molecule has 0 bridgehead atoms. The molecule has 0 spiro atoms. The third-order valence-corrected chi connectivity index (χ3v) is 6.27. The van der Waals surface area contributed by atoms with Crippen LogP contribution in [0.3, 0.4) is 0 Å². The quantitative estimate of drug-likeness (QED) is 0.597. The number of aromatic nitrogens is 2. The van der Waals surface area contributed by atoms with Crippen molar-refractivity contribution in [3.05, 3.63) is 60.4 Å². The van der Waals surface area contributed by atoms with Gasteiger partial charge in [-0.05, 0) is 36.4 Å². The lowest BCUT2D eigenvalue weighted by Crippen LogP contribution is -2.22. The van der Waals surface area contributed by atoms with E-state index in [4.69, 9.17) is 4.42 Å². The molecule has 3 rings (SSSR count). The zero-order valence-electron chi connectivity index (χ0n) is 14.1. The molecule has 2 aromatic heterocycles. The minimum absolute atomic E-state index is 0.145. The van der Waals surface area contributed by atoms with E-state index in [2.05, 4.69) is 9.97 Å². The Morgan fingerprint density at radius 3 is 2.50 bits per heavy atom. The molecule has 0 atom stereocenters. The molecule has 0 aliphatic rings. The first kappa shape index (κ1) is 18.6. The van der Waals surface area contributed by atoms with Crippen LogP contribution in [0.5, 0.6) is 0 Å². The highest BCUT2D eigenvalue weighted by Gasteiger charge is 2.17. The van der Waals surface area contributed by atoms with Gasteiger partial charge in [-0.25, -0.2) is 27.1 Å². The molecule has 0 aliphatic heterocycles. The fourth-order valence-corrected chi connectivity index (χ4v) is 3.63. The summed E-state index contributed by atoms with van der Waals surface area (Å²) in [6, 6.07) is 9.08. The molecule has 0 amide bonds. The Morgan fingerprint density at radius 1 is 1.15 bits per heavy atom. The van der Waals surface area contributed by atoms with Crippen LogP contribution in [0.25, 0.3) is 11.5 Å². The van der Waals surface area contributed by atoms with Gasteiger partial charge in [0.1, 0.15) is 17.0 Å². The molecule has 3 aromatic rings. The summed E-state index contributed by atoms with van der Waals surface area (Å²) in [6.07, 6.45) is 2.88. The van der Waals surface area contributed by atoms with Crippen molar-refractivity contribution in [3.63, 3.8) is 0 Å². The van der Waals surface area contributed by atoms with Crippen molar-refractivity contribution in [2.75, 3.05) is 14.1 Å². The number of oxazole rings is 1. The van der Waals surface area contributed by atoms with Gasteiger partial charge < -0.3 is 4.42 Å². The van der Waals surface area contributed by atoms with Crippen LogP contribution in [0.4, 0.5) is 4.39 Å². The molecule has 1 aromatic carbocycles. The predicted molar refractivity (Wildman–Crippen MR) is 96.6 cm³/mol. The van der Waals surface area contributed by atoms with Crippen LogP contribution < -0.4 is 0 Å². The average Bonchev–Trinajstić information content (AvgIpc) is 3.10. The number of hydrogen-bond donors (Lipinski definition) is 0. The van der Waals surface area contributed by atoms with Gasteiger partial charge in [0.25, 0.3) is 0 Å². The average molecular weight is 393 g/mol. The van der Waals surface area contributed by atoms with Gasteiger partial charge >= 0.3 is 0 Å². The lowest BCUT2D eigenvalue weighted by molar-refractivity contribution is 0.520. The number of thioether (sulfide) groups is 1. The van der Waals surface area contributed by atoms with E-state index < -0.39 is 10.0 Å². The predicted octanol–water partition coefficient (Wildman–Crippen LogP) is 3.42. The summed E-state index contributed by atoms with van der Waals surface area (Å²) in [6.45, 7) is 0. The van der Waals surface area contributed by atoms with Gasteiger partial charge in [-0.15, -0.1) is 0 Å². The molecule has 9 heteroatoms. The molecule has 0 unspecified atom stereocenters. The van der Waals surface area contributed by atoms with Crippen molar-refractivity contribution in [1.29, 1.82) is 0 Å². The summed E-state index contributed by atoms with van der Waals surface area (Å²) in [5.41, 5.74) is 1.40. The van der Waals surface area contributed by atoms with Crippen molar-refractivity contribution in [3.8, 4) is 11.5 Å². The molecule has 0 saturated carbocycles. The highest BCUT2D eigenvalue weighted by Crippen LogP contribution is 2.25. The maximum Gasteiger partial charge on any atom is 0.244 e. The maximum atomic E-state index is 13.0. The van der Waals surface area contributed by atoms with Crippen molar-refractivity contribution in [2.24, 2.45) is 0 Å². The summed E-state index contributed by atoms with van der Waals surface area (Å²) in [4.78, 5) is 8.68. The second-order valence-electron chi connectivity index (χ2n) is 5.56. The molecule has 0 fully saturated rings. The van der Waals surface area contributed by atoms with Crippen LogP contribution in [0, 0.1) is 5.82 Å². The lowest BCUT2D eigenvalue weighted by atomic mass is 10.2. The molecule has 136 valence electrons. The number of nitrogens with zero attached hydrogens (tertiary/aromatic N) is 3. The molecule has 26 heavy (non-hydrogen) atoms. The number of hydrogen-bond acceptors (Lipinski definition) is 6. The molecule has 2 heterocycles. The molecule has 0 saturated heterocycles. The van der Waals surface area contributed by atoms with E-state index in [1.807, 2.05) is 0 Å². The van der Waals surface area contributed by atoms with E-state index in [1.54, 1.807) is 18.2 Å². The Hall–Kier alpha value is -2.23. The van der Waals surface area contributed by atoms with Gasteiger partial charge in [-0.2, -0.15) is 0 Å². The van der Waals surface area contributed by atoms with Crippen molar-refractivity contribution in [2.45, 2.75) is 15.7 Å². The number of benzene rings is 1. The van der Waals surface area contributed by atoms with Gasteiger partial charge in [0, 0.05) is 31.6 Å². The fraction of sp³-hybridized carbons (Fsp3) is 0.176. The minimum Gasteiger partial charge on any atom is -0.444 e. The van der Waals surface area contributed by atoms with Crippen LogP contribution in [0.1, 0.15) is 5.69 Å². The van der Waals surface area contributed by atoms with Gasteiger partial charge in [-0.1, -0.05) is 11.8 Å². The summed E-state index contributed by atoms with van der Waals surface area (Å²) in [5, 5.41) is 0.675. The van der Waals surface area contributed by atoms with E-state index in [9.17, 15) is 12.8 Å². The van der Waals surface area contributed by atoms with Crippen LogP contribution in [0.15, 0.2) is 63.2 Å². The number of pyridine rings is 1. The Labute approximate surface area is 155 Å². The first-order chi connectivity index (χ1) is 12.4. The Kier molecular flexibility index (Phi) is 5.40. The van der Waals surface area contributed by atoms with Crippen LogP contribution in [-0.4, -0.2) is 36.8 Å². The molecule has 0 aliphatic carbocycles. The zero-order valence-corrected chi connectivity index (χ0v) is 15.7. The second-order valence-corrected chi connectivity index (χ2v) is 8.71. The van der Waals surface area contributed by atoms with Crippen molar-refractivity contribution < 1.29 is 17.2 Å². The lowest BCUT2D eigenvalue weighted by Gasteiger charge is -2.10. The number of sulfonamides is 1. The van der Waals surface area contributed by atoms with Crippen LogP contribution >= 0.6 is 11.8 Å². The monoisotopic (exact) mass is 393 g/mol. The first-order valence-corrected chi connectivity index (χ1v) is 10.0. The maximum absolute atomic E-state index is 13.0. The summed E-state index contributed by atoms with van der Waals surface area (Å²) in [7, 11) is -0.537. The Morgan fingerprint density at radius 2 is 1.88 bits per heavy atom. The van der Waals surface area contributed by atoms with Gasteiger partial charge in [-0.3, -0.25) is 0 Å². The van der Waals surface area contributed by atoms with E-state index >= 15 is 0 Å². The second kappa shape index (κ2) is 7.56. The summed E-state index contributed by atoms with van der Waals surface area (Å²) >= 11 is 1.41. The van der Waals surface area contributed by atoms with Gasteiger partial charge in [0.2, 0.25) is 15.9 Å². The number of halogens is 1. The smallest absolute Gasteiger partial charge is 0.244 e. The fourth-order valence-electron chi connectivity index (χ4n) is 2.06. The van der Waals surface area contributed by atoms with Crippen LogP contribution in [-0.2, 0) is 15.8 Å². The molecular weight excluding hydrogens is 377 g/mol. The van der Waals surface area contributed by atoms with Crippen molar-refractivity contribution >= 4 is 21.8 Å². The third kappa shape index (κ3) is 4.12. The molecule has 0 radical (unpaired) electrons. The van der Waals surface area contributed by atoms with Gasteiger partial charge in [0.05, 0.1) is 10.7 Å². The Bertz CT molecular complexity index is 985. The summed E-state index contributed by atoms with van der Waals surface area (Å²) < 4.78 is 43.5. The molecular formula is C17H16FN3O3S2. The normalized spacial score (nSPS) is 11.8. The molecule has 6 nitrogen and oxygen atoms in total. The van der Waals surface area contributed by atoms with E-state index in [-0.39, 0.29) is 10.7 Å². The SMILES string of the molecule is CN(C)S(=O)(=O)c1ccc(SCc2coc(-c3ccc(F)cc3)n2)nc1. The largest absolute Gasteiger partial charge is 0.444 e. The highest BCUT2D eigenvalue weighted by atomic mass is 32.2.